The molecule has 0 atom stereocenters. The number of alkyl carbamates (subject to hydrolysis) is 1. The maximum Gasteiger partial charge on any atom is 0.408 e. The number of hydrogen-bond donors (Lipinski definition) is 2. The van der Waals surface area contributed by atoms with Gasteiger partial charge in [-0.25, -0.2) is 4.79 Å². The van der Waals surface area contributed by atoms with Crippen molar-refractivity contribution in [1.82, 2.24) is 15.5 Å². The van der Waals surface area contributed by atoms with Gasteiger partial charge in [0.15, 0.2) is 0 Å². The summed E-state index contributed by atoms with van der Waals surface area (Å²) in [5, 5.41) is 5.34. The third-order valence-corrected chi connectivity index (χ3v) is 3.69. The van der Waals surface area contributed by atoms with Crippen molar-refractivity contribution in [3.63, 3.8) is 0 Å². The van der Waals surface area contributed by atoms with E-state index in [-0.39, 0.29) is 29.8 Å². The predicted molar refractivity (Wildman–Crippen MR) is 96.1 cm³/mol. The van der Waals surface area contributed by atoms with E-state index in [1.165, 1.54) is 0 Å². The van der Waals surface area contributed by atoms with Crippen LogP contribution in [0.1, 0.15) is 60.8 Å². The summed E-state index contributed by atoms with van der Waals surface area (Å²) in [6.07, 6.45) is 1.39. The molecule has 1 rings (SSSR count). The molecule has 0 aliphatic carbocycles. The van der Waals surface area contributed by atoms with Gasteiger partial charge in [0.2, 0.25) is 11.8 Å². The highest BCUT2D eigenvalue weighted by molar-refractivity contribution is 5.82. The van der Waals surface area contributed by atoms with Crippen molar-refractivity contribution in [2.45, 2.75) is 72.4 Å². The van der Waals surface area contributed by atoms with Crippen LogP contribution in [0.25, 0.3) is 0 Å². The topological polar surface area (TPSA) is 87.7 Å². The van der Waals surface area contributed by atoms with Crippen LogP contribution in [-0.2, 0) is 14.3 Å². The Kier molecular flexibility index (Phi) is 7.26. The maximum atomic E-state index is 12.2. The highest BCUT2D eigenvalue weighted by atomic mass is 16.6. The SMILES string of the molecule is CC(C)(C)CC(=O)N1CCC(NC(=O)CNC(=O)OC(C)(C)C)CC1. The van der Waals surface area contributed by atoms with Gasteiger partial charge in [0.25, 0.3) is 0 Å². The van der Waals surface area contributed by atoms with Crippen molar-refractivity contribution in [3.8, 4) is 0 Å². The Balaban J connectivity index is 2.28. The number of piperidine rings is 1. The minimum Gasteiger partial charge on any atom is -0.444 e. The second kappa shape index (κ2) is 8.54. The van der Waals surface area contributed by atoms with E-state index in [0.717, 1.165) is 12.8 Å². The molecule has 0 spiro atoms. The molecule has 1 fully saturated rings. The molecule has 7 nitrogen and oxygen atoms in total. The third-order valence-electron chi connectivity index (χ3n) is 3.69. The number of carbonyl (C=O) groups excluding carboxylic acids is 3. The Bertz CT molecular complexity index is 484. The Morgan fingerprint density at radius 3 is 2.08 bits per heavy atom. The largest absolute Gasteiger partial charge is 0.444 e. The van der Waals surface area contributed by atoms with Gasteiger partial charge < -0.3 is 20.3 Å². The van der Waals surface area contributed by atoms with Gasteiger partial charge in [-0.1, -0.05) is 20.8 Å². The lowest BCUT2D eigenvalue weighted by Gasteiger charge is -2.34. The summed E-state index contributed by atoms with van der Waals surface area (Å²) in [7, 11) is 0. The monoisotopic (exact) mass is 355 g/mol. The molecule has 0 aromatic carbocycles. The highest BCUT2D eigenvalue weighted by Gasteiger charge is 2.26. The fourth-order valence-corrected chi connectivity index (χ4v) is 2.58. The number of hydrogen-bond acceptors (Lipinski definition) is 4. The molecule has 144 valence electrons. The lowest BCUT2D eigenvalue weighted by atomic mass is 9.91. The van der Waals surface area contributed by atoms with Crippen LogP contribution in [0, 0.1) is 5.41 Å². The molecule has 1 aliphatic rings. The standard InChI is InChI=1S/C18H33N3O4/c1-17(2,3)11-15(23)21-9-7-13(8-10-21)20-14(22)12-19-16(24)25-18(4,5)6/h13H,7-12H2,1-6H3,(H,19,24)(H,20,22). The van der Waals surface area contributed by atoms with Gasteiger partial charge >= 0.3 is 6.09 Å². The van der Waals surface area contributed by atoms with Gasteiger partial charge in [0.1, 0.15) is 12.1 Å². The van der Waals surface area contributed by atoms with Crippen LogP contribution in [-0.4, -0.2) is 54.1 Å². The van der Waals surface area contributed by atoms with Gasteiger partial charge in [-0.05, 0) is 39.0 Å². The summed E-state index contributed by atoms with van der Waals surface area (Å²) >= 11 is 0. The third kappa shape index (κ3) is 9.31. The maximum absolute atomic E-state index is 12.2. The van der Waals surface area contributed by atoms with Crippen molar-refractivity contribution in [2.75, 3.05) is 19.6 Å². The number of amides is 3. The van der Waals surface area contributed by atoms with E-state index in [9.17, 15) is 14.4 Å². The molecular weight excluding hydrogens is 322 g/mol. The Hall–Kier alpha value is -1.79. The van der Waals surface area contributed by atoms with E-state index in [0.29, 0.717) is 19.5 Å². The molecule has 0 saturated carbocycles. The first-order valence-corrected chi connectivity index (χ1v) is 8.90. The minimum atomic E-state index is -0.606. The average molecular weight is 355 g/mol. The number of likely N-dealkylation sites (tertiary alicyclic amines) is 1. The molecule has 3 amide bonds. The summed E-state index contributed by atoms with van der Waals surface area (Å²) in [5.74, 6) is -0.0748. The molecule has 1 heterocycles. The van der Waals surface area contributed by atoms with Crippen LogP contribution < -0.4 is 10.6 Å². The van der Waals surface area contributed by atoms with E-state index >= 15 is 0 Å². The Labute approximate surface area is 150 Å². The summed E-state index contributed by atoms with van der Waals surface area (Å²) in [6.45, 7) is 12.6. The van der Waals surface area contributed by atoms with Crippen molar-refractivity contribution in [3.05, 3.63) is 0 Å². The van der Waals surface area contributed by atoms with Crippen molar-refractivity contribution < 1.29 is 19.1 Å². The zero-order valence-corrected chi connectivity index (χ0v) is 16.4. The average Bonchev–Trinajstić information content (AvgIpc) is 2.42. The lowest BCUT2D eigenvalue weighted by Crippen LogP contribution is -2.49. The smallest absolute Gasteiger partial charge is 0.408 e. The summed E-state index contributed by atoms with van der Waals surface area (Å²) in [4.78, 5) is 37.5. The molecule has 0 bridgehead atoms. The zero-order chi connectivity index (χ0) is 19.3. The summed E-state index contributed by atoms with van der Waals surface area (Å²) in [6, 6.07) is 0.0339. The Morgan fingerprint density at radius 1 is 1.04 bits per heavy atom. The van der Waals surface area contributed by atoms with E-state index < -0.39 is 11.7 Å². The van der Waals surface area contributed by atoms with E-state index in [1.807, 2.05) is 4.90 Å². The van der Waals surface area contributed by atoms with E-state index in [2.05, 4.69) is 31.4 Å². The summed E-state index contributed by atoms with van der Waals surface area (Å²) in [5.41, 5.74) is -0.609. The molecule has 25 heavy (non-hydrogen) atoms. The fraction of sp³-hybridized carbons (Fsp3) is 0.833. The van der Waals surface area contributed by atoms with Crippen LogP contribution in [0.15, 0.2) is 0 Å². The Morgan fingerprint density at radius 2 is 1.60 bits per heavy atom. The van der Waals surface area contributed by atoms with Crippen LogP contribution in [0.4, 0.5) is 4.79 Å². The second-order valence-corrected chi connectivity index (χ2v) is 8.82. The second-order valence-electron chi connectivity index (χ2n) is 8.82. The number of carbonyl (C=O) groups is 3. The van der Waals surface area contributed by atoms with Crippen molar-refractivity contribution in [1.29, 1.82) is 0 Å². The highest BCUT2D eigenvalue weighted by Crippen LogP contribution is 2.21. The minimum absolute atomic E-state index is 0.0184. The van der Waals surface area contributed by atoms with Crippen molar-refractivity contribution >= 4 is 17.9 Å². The van der Waals surface area contributed by atoms with Gasteiger partial charge in [-0.15, -0.1) is 0 Å². The fourth-order valence-electron chi connectivity index (χ4n) is 2.58. The molecule has 2 N–H and O–H groups in total. The predicted octanol–water partition coefficient (Wildman–Crippen LogP) is 2.05. The molecule has 1 aliphatic heterocycles. The molecule has 0 aromatic rings. The molecule has 0 radical (unpaired) electrons. The van der Waals surface area contributed by atoms with Gasteiger partial charge in [-0.3, -0.25) is 9.59 Å². The number of nitrogens with zero attached hydrogens (tertiary/aromatic N) is 1. The van der Waals surface area contributed by atoms with E-state index in [4.69, 9.17) is 4.74 Å². The lowest BCUT2D eigenvalue weighted by molar-refractivity contribution is -0.134. The normalized spacial score (nSPS) is 16.3. The van der Waals surface area contributed by atoms with Gasteiger partial charge in [0.05, 0.1) is 0 Å². The number of nitrogens with one attached hydrogen (secondary N) is 2. The summed E-state index contributed by atoms with van der Waals surface area (Å²) < 4.78 is 5.08. The quantitative estimate of drug-likeness (QED) is 0.808. The number of rotatable bonds is 4. The van der Waals surface area contributed by atoms with E-state index in [1.54, 1.807) is 20.8 Å². The molecule has 1 saturated heterocycles. The molecule has 0 unspecified atom stereocenters. The zero-order valence-electron chi connectivity index (χ0n) is 16.4. The molecular formula is C18H33N3O4. The molecule has 7 heteroatoms. The van der Waals surface area contributed by atoms with Crippen LogP contribution in [0.3, 0.4) is 0 Å². The molecule has 0 aromatic heterocycles. The van der Waals surface area contributed by atoms with Crippen LogP contribution in [0.5, 0.6) is 0 Å². The van der Waals surface area contributed by atoms with Crippen LogP contribution in [0.2, 0.25) is 0 Å². The van der Waals surface area contributed by atoms with Gasteiger partial charge in [0, 0.05) is 25.6 Å². The van der Waals surface area contributed by atoms with Gasteiger partial charge in [-0.2, -0.15) is 0 Å². The first kappa shape index (κ1) is 21.3. The van der Waals surface area contributed by atoms with Crippen LogP contribution >= 0.6 is 0 Å². The number of ether oxygens (including phenoxy) is 1. The van der Waals surface area contributed by atoms with Crippen molar-refractivity contribution in [2.24, 2.45) is 5.41 Å². The first-order chi connectivity index (χ1) is 11.4. The first-order valence-electron chi connectivity index (χ1n) is 8.90.